The molecule has 0 aliphatic heterocycles. The summed E-state index contributed by atoms with van der Waals surface area (Å²) < 4.78 is 5.14. The molecule has 2 N–H and O–H groups in total. The molecule has 0 bridgehead atoms. The average Bonchev–Trinajstić information content (AvgIpc) is 2.16. The summed E-state index contributed by atoms with van der Waals surface area (Å²) in [6, 6.07) is 8.45. The molecule has 2 heteroatoms. The van der Waals surface area contributed by atoms with Crippen LogP contribution in [0.5, 0.6) is 5.75 Å². The van der Waals surface area contributed by atoms with Gasteiger partial charge in [-0.15, -0.1) is 0 Å². The van der Waals surface area contributed by atoms with Crippen LogP contribution in [0.4, 0.5) is 0 Å². The number of ether oxygens (including phenoxy) is 1. The van der Waals surface area contributed by atoms with Crippen molar-refractivity contribution in [1.82, 2.24) is 0 Å². The van der Waals surface area contributed by atoms with E-state index in [4.69, 9.17) is 10.5 Å². The largest absolute Gasteiger partial charge is 0.497 e. The Kier molecular flexibility index (Phi) is 3.75. The van der Waals surface area contributed by atoms with Crippen LogP contribution in [0.1, 0.15) is 32.8 Å². The number of benzene rings is 1. The average molecular weight is 207 g/mol. The van der Waals surface area contributed by atoms with E-state index in [9.17, 15) is 0 Å². The topological polar surface area (TPSA) is 35.2 Å². The first-order valence-electron chi connectivity index (χ1n) is 5.36. The minimum absolute atomic E-state index is 0.125. The van der Waals surface area contributed by atoms with Gasteiger partial charge in [0.2, 0.25) is 0 Å². The van der Waals surface area contributed by atoms with Crippen molar-refractivity contribution in [2.45, 2.75) is 38.6 Å². The van der Waals surface area contributed by atoms with E-state index in [1.807, 2.05) is 19.1 Å². The Morgan fingerprint density at radius 1 is 1.27 bits per heavy atom. The van der Waals surface area contributed by atoms with Gasteiger partial charge in [-0.05, 0) is 36.5 Å². The molecule has 0 aliphatic rings. The number of nitrogens with two attached hydrogens (primary N) is 1. The summed E-state index contributed by atoms with van der Waals surface area (Å²) >= 11 is 0. The summed E-state index contributed by atoms with van der Waals surface area (Å²) in [5.74, 6) is 0.898. The Bertz CT molecular complexity index is 301. The molecule has 0 fully saturated rings. The van der Waals surface area contributed by atoms with Crippen molar-refractivity contribution < 1.29 is 4.74 Å². The molecule has 0 aromatic heterocycles. The van der Waals surface area contributed by atoms with Crippen molar-refractivity contribution in [2.24, 2.45) is 5.73 Å². The third-order valence-corrected chi connectivity index (χ3v) is 2.70. The van der Waals surface area contributed by atoms with Gasteiger partial charge in [0.05, 0.1) is 7.11 Å². The lowest BCUT2D eigenvalue weighted by molar-refractivity contribution is 0.411. The highest BCUT2D eigenvalue weighted by Crippen LogP contribution is 2.29. The fourth-order valence-electron chi connectivity index (χ4n) is 1.96. The van der Waals surface area contributed by atoms with Gasteiger partial charge in [0.15, 0.2) is 0 Å². The van der Waals surface area contributed by atoms with Crippen LogP contribution in [0.2, 0.25) is 0 Å². The van der Waals surface area contributed by atoms with E-state index in [1.165, 1.54) is 5.56 Å². The van der Waals surface area contributed by atoms with Gasteiger partial charge in [0, 0.05) is 6.04 Å². The van der Waals surface area contributed by atoms with E-state index in [1.54, 1.807) is 7.11 Å². The van der Waals surface area contributed by atoms with Gasteiger partial charge < -0.3 is 10.5 Å². The fourth-order valence-corrected chi connectivity index (χ4v) is 1.96. The first kappa shape index (κ1) is 12.1. The van der Waals surface area contributed by atoms with E-state index < -0.39 is 0 Å². The predicted octanol–water partition coefficient (Wildman–Crippen LogP) is 2.71. The summed E-state index contributed by atoms with van der Waals surface area (Å²) in [6.45, 7) is 6.49. The zero-order valence-electron chi connectivity index (χ0n) is 10.1. The van der Waals surface area contributed by atoms with Gasteiger partial charge in [0.1, 0.15) is 5.75 Å². The molecule has 0 saturated carbocycles. The second-order valence-electron chi connectivity index (χ2n) is 4.79. The maximum Gasteiger partial charge on any atom is 0.118 e. The Morgan fingerprint density at radius 2 is 1.80 bits per heavy atom. The van der Waals surface area contributed by atoms with Crippen molar-refractivity contribution in [3.05, 3.63) is 29.8 Å². The van der Waals surface area contributed by atoms with Crippen molar-refractivity contribution >= 4 is 0 Å². The van der Waals surface area contributed by atoms with Crippen LogP contribution in [0.3, 0.4) is 0 Å². The summed E-state index contributed by atoms with van der Waals surface area (Å²) in [6.07, 6.45) is 0.985. The highest BCUT2D eigenvalue weighted by Gasteiger charge is 2.21. The van der Waals surface area contributed by atoms with Crippen molar-refractivity contribution in [3.63, 3.8) is 0 Å². The molecule has 1 aromatic carbocycles. The summed E-state index contributed by atoms with van der Waals surface area (Å²) in [5.41, 5.74) is 7.28. The molecule has 15 heavy (non-hydrogen) atoms. The van der Waals surface area contributed by atoms with Crippen LogP contribution >= 0.6 is 0 Å². The molecular formula is C13H21NO. The van der Waals surface area contributed by atoms with E-state index >= 15 is 0 Å². The maximum absolute atomic E-state index is 5.85. The van der Waals surface area contributed by atoms with Gasteiger partial charge in [0.25, 0.3) is 0 Å². The van der Waals surface area contributed by atoms with Crippen LogP contribution in [0, 0.1) is 0 Å². The Balaban J connectivity index is 2.85. The molecule has 84 valence electrons. The first-order valence-corrected chi connectivity index (χ1v) is 5.36. The lowest BCUT2D eigenvalue weighted by atomic mass is 9.79. The molecule has 0 amide bonds. The van der Waals surface area contributed by atoms with Crippen molar-refractivity contribution in [3.8, 4) is 5.75 Å². The highest BCUT2D eigenvalue weighted by atomic mass is 16.5. The summed E-state index contributed by atoms with van der Waals surface area (Å²) in [7, 11) is 1.68. The molecule has 1 aromatic rings. The standard InChI is InChI=1S/C13H21NO/c1-10(14)9-13(2,3)11-5-7-12(15-4)8-6-11/h5-8,10H,9,14H2,1-4H3. The fraction of sp³-hybridized carbons (Fsp3) is 0.538. The van der Waals surface area contributed by atoms with Crippen LogP contribution in [-0.2, 0) is 5.41 Å². The van der Waals surface area contributed by atoms with Gasteiger partial charge in [-0.2, -0.15) is 0 Å². The highest BCUT2D eigenvalue weighted by molar-refractivity contribution is 5.31. The van der Waals surface area contributed by atoms with Gasteiger partial charge in [-0.3, -0.25) is 0 Å². The monoisotopic (exact) mass is 207 g/mol. The Labute approximate surface area is 92.4 Å². The van der Waals surface area contributed by atoms with Crippen LogP contribution in [-0.4, -0.2) is 13.2 Å². The molecule has 0 radical (unpaired) electrons. The summed E-state index contributed by atoms with van der Waals surface area (Å²) in [5, 5.41) is 0. The van der Waals surface area contributed by atoms with Gasteiger partial charge in [-0.1, -0.05) is 26.0 Å². The number of methoxy groups -OCH3 is 1. The molecule has 0 spiro atoms. The minimum atomic E-state index is 0.125. The van der Waals surface area contributed by atoms with E-state index in [2.05, 4.69) is 26.0 Å². The summed E-state index contributed by atoms with van der Waals surface area (Å²) in [4.78, 5) is 0. The minimum Gasteiger partial charge on any atom is -0.497 e. The molecule has 0 saturated heterocycles. The van der Waals surface area contributed by atoms with E-state index in [0.717, 1.165) is 12.2 Å². The maximum atomic E-state index is 5.85. The Hall–Kier alpha value is -1.02. The molecule has 1 atom stereocenters. The predicted molar refractivity (Wildman–Crippen MR) is 64.3 cm³/mol. The lowest BCUT2D eigenvalue weighted by Gasteiger charge is -2.27. The SMILES string of the molecule is COc1ccc(C(C)(C)CC(C)N)cc1. The molecule has 0 aliphatic carbocycles. The number of hydrogen-bond donors (Lipinski definition) is 1. The molecule has 0 heterocycles. The molecular weight excluding hydrogens is 186 g/mol. The lowest BCUT2D eigenvalue weighted by Crippen LogP contribution is -2.28. The molecule has 2 nitrogen and oxygen atoms in total. The van der Waals surface area contributed by atoms with Crippen LogP contribution in [0.15, 0.2) is 24.3 Å². The third kappa shape index (κ3) is 3.24. The second-order valence-corrected chi connectivity index (χ2v) is 4.79. The smallest absolute Gasteiger partial charge is 0.118 e. The second kappa shape index (κ2) is 4.67. The quantitative estimate of drug-likeness (QED) is 0.824. The third-order valence-electron chi connectivity index (χ3n) is 2.70. The Morgan fingerprint density at radius 3 is 2.20 bits per heavy atom. The molecule has 1 rings (SSSR count). The zero-order valence-corrected chi connectivity index (χ0v) is 10.1. The van der Waals surface area contributed by atoms with Gasteiger partial charge in [-0.25, -0.2) is 0 Å². The van der Waals surface area contributed by atoms with E-state index in [-0.39, 0.29) is 11.5 Å². The van der Waals surface area contributed by atoms with Crippen molar-refractivity contribution in [1.29, 1.82) is 0 Å². The van der Waals surface area contributed by atoms with Crippen LogP contribution < -0.4 is 10.5 Å². The zero-order chi connectivity index (χ0) is 11.5. The van der Waals surface area contributed by atoms with Crippen molar-refractivity contribution in [2.75, 3.05) is 7.11 Å². The number of hydrogen-bond acceptors (Lipinski definition) is 2. The van der Waals surface area contributed by atoms with Gasteiger partial charge >= 0.3 is 0 Å². The first-order chi connectivity index (χ1) is 6.95. The normalized spacial score (nSPS) is 13.7. The number of rotatable bonds is 4. The van der Waals surface area contributed by atoms with Crippen LogP contribution in [0.25, 0.3) is 0 Å². The van der Waals surface area contributed by atoms with E-state index in [0.29, 0.717) is 0 Å². The molecule has 1 unspecified atom stereocenters.